The lowest BCUT2D eigenvalue weighted by atomic mass is 10.3. The third-order valence-corrected chi connectivity index (χ3v) is 9.81. The molecule has 3 N–H and O–H groups in total. The van der Waals surface area contributed by atoms with Crippen molar-refractivity contribution in [1.82, 2.24) is 30.1 Å². The zero-order valence-corrected chi connectivity index (χ0v) is 30.8. The first-order valence-electron chi connectivity index (χ1n) is 17.2. The number of hydrogen-bond acceptors (Lipinski definition) is 6. The smallest absolute Gasteiger partial charge is 0.133 e. The minimum atomic E-state index is 0.956. The Balaban J connectivity index is 0.0000001000. The van der Waals surface area contributed by atoms with Crippen LogP contribution >= 0.6 is 22.7 Å². The number of aromatic amines is 3. The number of thiophene rings is 1. The Labute approximate surface area is 319 Å². The summed E-state index contributed by atoms with van der Waals surface area (Å²) in [7, 11) is 0. The molecule has 7 nitrogen and oxygen atoms in total. The molecule has 9 heteroatoms. The third-order valence-electron chi connectivity index (χ3n) is 8.10. The standard InChI is InChI=1S/C8H7N.C8H6O.C8H6S.2C7H6N2.C7H5NS/c3*1-2-4-8-7(3-1)5-6-9-8;1-2-4-7-6(3-1)8-5-9-7;1-2-4-7-6(3-1)5-8-9-7;1-2-4-7-6(3-1)8-5-9-7/h1-6,9H;2*1-6H;2*1-5H,(H,8,9);1-5H. The maximum Gasteiger partial charge on any atom is 0.133 e. The molecule has 0 amide bonds. The van der Waals surface area contributed by atoms with Crippen LogP contribution in [-0.2, 0) is 0 Å². The van der Waals surface area contributed by atoms with Crippen molar-refractivity contribution < 1.29 is 4.42 Å². The Morgan fingerprint density at radius 2 is 1.13 bits per heavy atom. The van der Waals surface area contributed by atoms with Crippen LogP contribution in [0.1, 0.15) is 0 Å². The number of thiazole rings is 1. The molecule has 0 spiro atoms. The molecule has 0 unspecified atom stereocenters. The molecule has 6 aromatic carbocycles. The topological polar surface area (TPSA) is 99.2 Å². The second kappa shape index (κ2) is 18.6. The monoisotopic (exact) mass is 740 g/mol. The molecule has 0 radical (unpaired) electrons. The number of nitrogens with zero attached hydrogens (tertiary/aromatic N) is 3. The normalized spacial score (nSPS) is 10.2. The van der Waals surface area contributed by atoms with Gasteiger partial charge in [-0.1, -0.05) is 97.1 Å². The number of fused-ring (bicyclic) bond motifs is 6. The number of hydrogen-bond donors (Lipinski definition) is 3. The molecule has 0 aliphatic heterocycles. The summed E-state index contributed by atoms with van der Waals surface area (Å²) in [6.07, 6.45) is 7.16. The Morgan fingerprint density at radius 3 is 1.89 bits per heavy atom. The number of imidazole rings is 1. The fourth-order valence-electron chi connectivity index (χ4n) is 5.37. The van der Waals surface area contributed by atoms with Gasteiger partial charge in [-0.2, -0.15) is 5.10 Å². The number of H-pyrrole nitrogens is 3. The number of para-hydroxylation sites is 6. The van der Waals surface area contributed by atoms with Gasteiger partial charge in [-0.3, -0.25) is 5.10 Å². The molecule has 54 heavy (non-hydrogen) atoms. The van der Waals surface area contributed by atoms with Crippen LogP contribution < -0.4 is 0 Å². The van der Waals surface area contributed by atoms with Crippen LogP contribution in [0, 0.1) is 0 Å². The number of benzene rings is 6. The van der Waals surface area contributed by atoms with Crippen molar-refractivity contribution >= 4 is 86.8 Å². The van der Waals surface area contributed by atoms with Crippen LogP contribution in [-0.4, -0.2) is 30.1 Å². The van der Waals surface area contributed by atoms with E-state index in [1.807, 2.05) is 127 Å². The van der Waals surface area contributed by atoms with E-state index in [2.05, 4.69) is 90.1 Å². The number of aromatic nitrogens is 6. The first kappa shape index (κ1) is 35.6. The van der Waals surface area contributed by atoms with E-state index >= 15 is 0 Å². The lowest BCUT2D eigenvalue weighted by Crippen LogP contribution is -1.63. The quantitative estimate of drug-likeness (QED) is 0.144. The average molecular weight is 741 g/mol. The van der Waals surface area contributed by atoms with Crippen LogP contribution in [0.2, 0.25) is 0 Å². The largest absolute Gasteiger partial charge is 0.464 e. The Kier molecular flexibility index (Phi) is 12.3. The highest BCUT2D eigenvalue weighted by Crippen LogP contribution is 2.19. The summed E-state index contributed by atoms with van der Waals surface area (Å²) in [6.45, 7) is 0. The maximum absolute atomic E-state index is 5.12. The lowest BCUT2D eigenvalue weighted by molar-refractivity contribution is 0.616. The fourth-order valence-corrected chi connectivity index (χ4v) is 6.84. The van der Waals surface area contributed by atoms with Crippen LogP contribution in [0.5, 0.6) is 0 Å². The van der Waals surface area contributed by atoms with Crippen LogP contribution in [0.3, 0.4) is 0 Å². The predicted molar refractivity (Wildman–Crippen MR) is 228 cm³/mol. The summed E-state index contributed by atoms with van der Waals surface area (Å²) in [6, 6.07) is 54.8. The van der Waals surface area contributed by atoms with Gasteiger partial charge in [-0.25, -0.2) is 9.97 Å². The maximum atomic E-state index is 5.12. The SMILES string of the molecule is c1ccc2[nH]ccc2c1.c1ccc2[nH]cnc2c1.c1ccc2[nH]ncc2c1.c1ccc2occc2c1.c1ccc2sccc2c1.c1ccc2scnc2c1. The van der Waals surface area contributed by atoms with E-state index < -0.39 is 0 Å². The van der Waals surface area contributed by atoms with E-state index in [9.17, 15) is 0 Å². The molecule has 0 aliphatic carbocycles. The highest BCUT2D eigenvalue weighted by atomic mass is 32.1. The molecule has 0 bridgehead atoms. The van der Waals surface area contributed by atoms with Gasteiger partial charge in [0.25, 0.3) is 0 Å². The van der Waals surface area contributed by atoms with Crippen molar-refractivity contribution in [1.29, 1.82) is 0 Å². The summed E-state index contributed by atoms with van der Waals surface area (Å²) < 4.78 is 7.75. The van der Waals surface area contributed by atoms with E-state index in [0.29, 0.717) is 0 Å². The number of furan rings is 1. The van der Waals surface area contributed by atoms with Crippen molar-refractivity contribution in [2.75, 3.05) is 0 Å². The molecule has 0 saturated carbocycles. The lowest BCUT2D eigenvalue weighted by Gasteiger charge is -1.83. The van der Waals surface area contributed by atoms with E-state index in [4.69, 9.17) is 4.42 Å². The van der Waals surface area contributed by atoms with E-state index in [1.54, 1.807) is 35.3 Å². The second-order valence-electron chi connectivity index (χ2n) is 11.7. The van der Waals surface area contributed by atoms with Gasteiger partial charge in [0.2, 0.25) is 0 Å². The molecule has 12 aromatic rings. The highest BCUT2D eigenvalue weighted by Gasteiger charge is 1.92. The Hall–Kier alpha value is -6.81. The van der Waals surface area contributed by atoms with Crippen molar-refractivity contribution in [3.63, 3.8) is 0 Å². The first-order valence-corrected chi connectivity index (χ1v) is 19.0. The summed E-state index contributed by atoms with van der Waals surface area (Å²) in [4.78, 5) is 14.3. The zero-order valence-electron chi connectivity index (χ0n) is 29.1. The fraction of sp³-hybridized carbons (Fsp3) is 0. The van der Waals surface area contributed by atoms with Gasteiger partial charge in [-0.05, 0) is 82.9 Å². The van der Waals surface area contributed by atoms with Gasteiger partial charge in [-0.15, -0.1) is 22.7 Å². The summed E-state index contributed by atoms with van der Waals surface area (Å²) in [5, 5.41) is 13.8. The second-order valence-corrected chi connectivity index (χ2v) is 13.5. The van der Waals surface area contributed by atoms with Gasteiger partial charge >= 0.3 is 0 Å². The molecule has 0 atom stereocenters. The summed E-state index contributed by atoms with van der Waals surface area (Å²) in [5.41, 5.74) is 8.34. The summed E-state index contributed by atoms with van der Waals surface area (Å²) >= 11 is 3.46. The van der Waals surface area contributed by atoms with E-state index in [0.717, 1.165) is 38.4 Å². The minimum absolute atomic E-state index is 0.956. The molecule has 0 saturated heterocycles. The molecule has 264 valence electrons. The average Bonchev–Trinajstić information content (AvgIpc) is 4.09. The van der Waals surface area contributed by atoms with Crippen LogP contribution in [0.25, 0.3) is 64.1 Å². The first-order chi connectivity index (χ1) is 26.8. The van der Waals surface area contributed by atoms with Crippen LogP contribution in [0.15, 0.2) is 204 Å². The molecule has 0 fully saturated rings. The molecule has 6 heterocycles. The Bertz CT molecular complexity index is 2200. The van der Waals surface area contributed by atoms with Crippen molar-refractivity contribution in [2.45, 2.75) is 0 Å². The molecular formula is C45H36N6OS2. The van der Waals surface area contributed by atoms with E-state index in [1.165, 1.54) is 25.7 Å². The minimum Gasteiger partial charge on any atom is -0.464 e. The highest BCUT2D eigenvalue weighted by molar-refractivity contribution is 7.17. The zero-order chi connectivity index (χ0) is 36.6. The molecule has 0 aliphatic rings. The van der Waals surface area contributed by atoms with Crippen LogP contribution in [0.4, 0.5) is 0 Å². The van der Waals surface area contributed by atoms with Crippen molar-refractivity contribution in [2.24, 2.45) is 0 Å². The van der Waals surface area contributed by atoms with Gasteiger partial charge in [0.15, 0.2) is 0 Å². The van der Waals surface area contributed by atoms with Crippen molar-refractivity contribution in [3.8, 4) is 0 Å². The third kappa shape index (κ3) is 9.74. The molecule has 12 rings (SSSR count). The molecule has 6 aromatic heterocycles. The number of rotatable bonds is 0. The predicted octanol–water partition coefficient (Wildman–Crippen LogP) is 12.9. The Morgan fingerprint density at radius 1 is 0.463 bits per heavy atom. The van der Waals surface area contributed by atoms with Crippen molar-refractivity contribution in [3.05, 3.63) is 200 Å². The van der Waals surface area contributed by atoms with E-state index in [-0.39, 0.29) is 0 Å². The van der Waals surface area contributed by atoms with Gasteiger partial charge in [0, 0.05) is 27.2 Å². The van der Waals surface area contributed by atoms with Gasteiger partial charge in [0.05, 0.1) is 51.1 Å². The molecular weight excluding hydrogens is 705 g/mol. The van der Waals surface area contributed by atoms with Gasteiger partial charge in [0.1, 0.15) is 5.58 Å². The number of nitrogens with one attached hydrogen (secondary N) is 3. The van der Waals surface area contributed by atoms with Gasteiger partial charge < -0.3 is 14.4 Å². The summed E-state index contributed by atoms with van der Waals surface area (Å²) in [5.74, 6) is 0.